The average Bonchev–Trinajstić information content (AvgIpc) is 2.56. The number of thioether (sulfide) groups is 2. The molecule has 0 amide bonds. The van der Waals surface area contributed by atoms with Gasteiger partial charge in [0.25, 0.3) is 0 Å². The Balaban J connectivity index is 1.29. The smallest absolute Gasteiger partial charge is 0.0216 e. The average molecular weight is 339 g/mol. The minimum atomic E-state index is 0.791. The molecule has 2 nitrogen and oxygen atoms in total. The first-order chi connectivity index (χ1) is 10.9. The first-order valence-electron chi connectivity index (χ1n) is 9.70. The summed E-state index contributed by atoms with van der Waals surface area (Å²) in [4.78, 5) is 0. The van der Waals surface area contributed by atoms with E-state index in [4.69, 9.17) is 0 Å². The SMILES string of the molecule is C1CCC2SC3CC4SC5CCCCC5NC4CC3NC2C1. The van der Waals surface area contributed by atoms with E-state index >= 15 is 0 Å². The summed E-state index contributed by atoms with van der Waals surface area (Å²) in [5.41, 5.74) is 0. The highest BCUT2D eigenvalue weighted by Gasteiger charge is 2.48. The van der Waals surface area contributed by atoms with E-state index in [0.717, 1.165) is 45.2 Å². The molecule has 3 saturated carbocycles. The van der Waals surface area contributed by atoms with Crippen molar-refractivity contribution in [3.05, 3.63) is 0 Å². The maximum Gasteiger partial charge on any atom is 0.0216 e. The predicted molar refractivity (Wildman–Crippen MR) is 97.9 cm³/mol. The molecule has 5 aliphatic rings. The Morgan fingerprint density at radius 3 is 1.55 bits per heavy atom. The van der Waals surface area contributed by atoms with E-state index in [2.05, 4.69) is 34.2 Å². The zero-order valence-electron chi connectivity index (χ0n) is 13.5. The minimum Gasteiger partial charge on any atom is -0.309 e. The van der Waals surface area contributed by atoms with Crippen molar-refractivity contribution in [1.82, 2.24) is 10.6 Å². The third-order valence-corrected chi connectivity index (χ3v) is 10.4. The number of rotatable bonds is 0. The Labute approximate surface area is 143 Å². The molecule has 2 heterocycles. The second-order valence-corrected chi connectivity index (χ2v) is 11.2. The van der Waals surface area contributed by atoms with Gasteiger partial charge in [0.1, 0.15) is 0 Å². The second-order valence-electron chi connectivity index (χ2n) is 8.23. The third-order valence-electron chi connectivity index (χ3n) is 6.83. The zero-order chi connectivity index (χ0) is 14.5. The van der Waals surface area contributed by atoms with E-state index in [1.165, 1.54) is 64.2 Å². The van der Waals surface area contributed by atoms with Crippen molar-refractivity contribution in [1.29, 1.82) is 0 Å². The van der Waals surface area contributed by atoms with Crippen LogP contribution in [0.5, 0.6) is 0 Å². The summed E-state index contributed by atoms with van der Waals surface area (Å²) < 4.78 is 0. The highest BCUT2D eigenvalue weighted by atomic mass is 32.2. The normalized spacial score (nSPS) is 54.5. The molecule has 0 radical (unpaired) electrons. The van der Waals surface area contributed by atoms with Crippen molar-refractivity contribution in [3.8, 4) is 0 Å². The molecular formula is C18H30N2S2. The lowest BCUT2D eigenvalue weighted by atomic mass is 9.85. The van der Waals surface area contributed by atoms with E-state index in [9.17, 15) is 0 Å². The number of hydrogen-bond acceptors (Lipinski definition) is 4. The van der Waals surface area contributed by atoms with Crippen LogP contribution in [0.15, 0.2) is 0 Å². The monoisotopic (exact) mass is 338 g/mol. The molecule has 0 spiro atoms. The van der Waals surface area contributed by atoms with Gasteiger partial charge in [-0.15, -0.1) is 0 Å². The summed E-state index contributed by atoms with van der Waals surface area (Å²) in [6, 6.07) is 3.24. The summed E-state index contributed by atoms with van der Waals surface area (Å²) in [5, 5.41) is 11.8. The molecule has 2 N–H and O–H groups in total. The van der Waals surface area contributed by atoms with Crippen molar-refractivity contribution in [2.24, 2.45) is 0 Å². The maximum atomic E-state index is 4.09. The predicted octanol–water partition coefficient (Wildman–Crippen LogP) is 3.55. The van der Waals surface area contributed by atoms with Crippen LogP contribution in [0.2, 0.25) is 0 Å². The number of nitrogens with one attached hydrogen (secondary N) is 2. The quantitative estimate of drug-likeness (QED) is 0.705. The van der Waals surface area contributed by atoms with Crippen LogP contribution in [0, 0.1) is 0 Å². The van der Waals surface area contributed by atoms with Crippen LogP contribution in [0.3, 0.4) is 0 Å². The zero-order valence-corrected chi connectivity index (χ0v) is 15.1. The molecular weight excluding hydrogens is 308 g/mol. The molecule has 0 bridgehead atoms. The molecule has 2 aliphatic heterocycles. The Bertz CT molecular complexity index is 344. The van der Waals surface area contributed by atoms with Crippen LogP contribution in [-0.2, 0) is 0 Å². The van der Waals surface area contributed by atoms with Crippen LogP contribution in [-0.4, -0.2) is 45.2 Å². The molecule has 4 heteroatoms. The molecule has 5 fully saturated rings. The van der Waals surface area contributed by atoms with Crippen LogP contribution in [0.4, 0.5) is 0 Å². The molecule has 0 aromatic heterocycles. The van der Waals surface area contributed by atoms with Crippen molar-refractivity contribution < 1.29 is 0 Å². The fraction of sp³-hybridized carbons (Fsp3) is 1.00. The van der Waals surface area contributed by atoms with Gasteiger partial charge in [0.05, 0.1) is 0 Å². The van der Waals surface area contributed by atoms with Gasteiger partial charge in [-0.1, -0.05) is 25.7 Å². The molecule has 22 heavy (non-hydrogen) atoms. The standard InChI is InChI=1S/C18H30N2S2/c1-3-7-15-11(5-1)19-13-9-14-18(10-17(13)21-15)22-16-8-4-2-6-12(16)20-14/h11-20H,1-10H2. The van der Waals surface area contributed by atoms with Gasteiger partial charge in [-0.05, 0) is 38.5 Å². The summed E-state index contributed by atoms with van der Waals surface area (Å²) in [7, 11) is 0. The fourth-order valence-corrected chi connectivity index (χ4v) is 9.52. The lowest BCUT2D eigenvalue weighted by Gasteiger charge is -2.54. The van der Waals surface area contributed by atoms with Crippen LogP contribution < -0.4 is 10.6 Å². The Kier molecular flexibility index (Phi) is 4.18. The fourth-order valence-electron chi connectivity index (χ4n) is 5.69. The van der Waals surface area contributed by atoms with E-state index in [1.54, 1.807) is 0 Å². The van der Waals surface area contributed by atoms with Crippen molar-refractivity contribution in [2.75, 3.05) is 0 Å². The summed E-state index contributed by atoms with van der Waals surface area (Å²) in [6.45, 7) is 0. The summed E-state index contributed by atoms with van der Waals surface area (Å²) in [6.07, 6.45) is 14.5. The van der Waals surface area contributed by atoms with E-state index in [1.807, 2.05) is 0 Å². The third kappa shape index (κ3) is 2.66. The molecule has 0 aromatic rings. The lowest BCUT2D eigenvalue weighted by Crippen LogP contribution is -2.65. The van der Waals surface area contributed by atoms with E-state index in [-0.39, 0.29) is 0 Å². The first-order valence-corrected chi connectivity index (χ1v) is 11.6. The van der Waals surface area contributed by atoms with Crippen molar-refractivity contribution in [3.63, 3.8) is 0 Å². The van der Waals surface area contributed by atoms with Gasteiger partial charge in [-0.2, -0.15) is 23.5 Å². The van der Waals surface area contributed by atoms with Crippen molar-refractivity contribution >= 4 is 23.5 Å². The van der Waals surface area contributed by atoms with Gasteiger partial charge in [-0.3, -0.25) is 0 Å². The van der Waals surface area contributed by atoms with E-state index < -0.39 is 0 Å². The maximum absolute atomic E-state index is 4.09. The topological polar surface area (TPSA) is 24.1 Å². The van der Waals surface area contributed by atoms with Gasteiger partial charge >= 0.3 is 0 Å². The first kappa shape index (κ1) is 14.9. The largest absolute Gasteiger partial charge is 0.309 e. The Morgan fingerprint density at radius 2 is 1.00 bits per heavy atom. The highest BCUT2D eigenvalue weighted by molar-refractivity contribution is 8.01. The van der Waals surface area contributed by atoms with Gasteiger partial charge in [-0.25, -0.2) is 0 Å². The van der Waals surface area contributed by atoms with Gasteiger partial charge in [0, 0.05) is 45.2 Å². The number of hydrogen-bond donors (Lipinski definition) is 2. The van der Waals surface area contributed by atoms with Gasteiger partial charge < -0.3 is 10.6 Å². The van der Waals surface area contributed by atoms with Crippen molar-refractivity contribution in [2.45, 2.75) is 109 Å². The van der Waals surface area contributed by atoms with Gasteiger partial charge in [0.15, 0.2) is 0 Å². The molecule has 8 unspecified atom stereocenters. The molecule has 2 saturated heterocycles. The Morgan fingerprint density at radius 1 is 0.500 bits per heavy atom. The highest BCUT2D eigenvalue weighted by Crippen LogP contribution is 2.47. The molecule has 5 rings (SSSR count). The lowest BCUT2D eigenvalue weighted by molar-refractivity contribution is 0.228. The van der Waals surface area contributed by atoms with Crippen LogP contribution in [0.25, 0.3) is 0 Å². The molecule has 0 aromatic carbocycles. The summed E-state index contributed by atoms with van der Waals surface area (Å²) in [5.74, 6) is 0. The minimum absolute atomic E-state index is 0.791. The molecule has 124 valence electrons. The summed E-state index contributed by atoms with van der Waals surface area (Å²) >= 11 is 4.76. The molecule has 8 atom stereocenters. The van der Waals surface area contributed by atoms with Crippen LogP contribution >= 0.6 is 23.5 Å². The second kappa shape index (κ2) is 6.16. The molecule has 3 aliphatic carbocycles. The number of fused-ring (bicyclic) bond motifs is 4. The van der Waals surface area contributed by atoms with E-state index in [0.29, 0.717) is 0 Å². The van der Waals surface area contributed by atoms with Crippen LogP contribution in [0.1, 0.15) is 64.2 Å². The van der Waals surface area contributed by atoms with Gasteiger partial charge in [0.2, 0.25) is 0 Å². The Hall–Kier alpha value is 0.620.